The predicted molar refractivity (Wildman–Crippen MR) is 39.8 cm³/mol. The lowest BCUT2D eigenvalue weighted by atomic mass is 10.4. The summed E-state index contributed by atoms with van der Waals surface area (Å²) < 4.78 is 22.9. The molecule has 4 heteroatoms. The van der Waals surface area contributed by atoms with Gasteiger partial charge in [0, 0.05) is 6.20 Å². The number of hydrogen-bond acceptors (Lipinski definition) is 2. The van der Waals surface area contributed by atoms with Crippen molar-refractivity contribution >= 4 is 10.0 Å². The number of allylic oxidation sites excluding steroid dienone is 2. The maximum atomic E-state index is 10.8. The molecule has 1 aliphatic heterocycles. The monoisotopic (exact) mass is 159 g/mol. The highest BCUT2D eigenvalue weighted by Crippen LogP contribution is 2.02. The van der Waals surface area contributed by atoms with Crippen LogP contribution in [0, 0.1) is 0 Å². The molecule has 0 radical (unpaired) electrons. The zero-order chi connectivity index (χ0) is 7.61. The number of rotatable bonds is 1. The Bertz CT molecular complexity index is 263. The van der Waals surface area contributed by atoms with E-state index in [1.165, 1.54) is 10.6 Å². The Hall–Kier alpha value is -0.770. The molecule has 10 heavy (non-hydrogen) atoms. The van der Waals surface area contributed by atoms with Gasteiger partial charge in [-0.3, -0.25) is 4.31 Å². The lowest BCUT2D eigenvalue weighted by Crippen LogP contribution is -2.25. The van der Waals surface area contributed by atoms with Gasteiger partial charge in [0.25, 0.3) is 0 Å². The van der Waals surface area contributed by atoms with Gasteiger partial charge in [0.05, 0.1) is 12.8 Å². The van der Waals surface area contributed by atoms with Gasteiger partial charge in [-0.15, -0.1) is 0 Å². The van der Waals surface area contributed by atoms with Crippen molar-refractivity contribution in [3.8, 4) is 0 Å². The molecule has 0 fully saturated rings. The van der Waals surface area contributed by atoms with Gasteiger partial charge in [-0.1, -0.05) is 12.2 Å². The van der Waals surface area contributed by atoms with Crippen LogP contribution in [-0.2, 0) is 10.0 Å². The van der Waals surface area contributed by atoms with Crippen LogP contribution in [0.4, 0.5) is 0 Å². The third-order valence-corrected chi connectivity index (χ3v) is 2.33. The van der Waals surface area contributed by atoms with E-state index in [9.17, 15) is 8.42 Å². The van der Waals surface area contributed by atoms with E-state index in [2.05, 4.69) is 0 Å². The van der Waals surface area contributed by atoms with Crippen LogP contribution in [0.2, 0.25) is 0 Å². The second-order valence-electron chi connectivity index (χ2n) is 2.10. The fraction of sp³-hybridized carbons (Fsp3) is 0.333. The van der Waals surface area contributed by atoms with Crippen LogP contribution in [0.1, 0.15) is 0 Å². The molecule has 3 nitrogen and oxygen atoms in total. The summed E-state index contributed by atoms with van der Waals surface area (Å²) in [6.45, 7) is 0.454. The van der Waals surface area contributed by atoms with Gasteiger partial charge in [-0.05, 0) is 6.08 Å². The maximum absolute atomic E-state index is 10.8. The van der Waals surface area contributed by atoms with E-state index < -0.39 is 10.0 Å². The summed E-state index contributed by atoms with van der Waals surface area (Å²) >= 11 is 0. The summed E-state index contributed by atoms with van der Waals surface area (Å²) in [7, 11) is -3.03. The Kier molecular flexibility index (Phi) is 1.80. The van der Waals surface area contributed by atoms with E-state index in [4.69, 9.17) is 0 Å². The Labute approximate surface area is 60.7 Å². The first kappa shape index (κ1) is 7.34. The van der Waals surface area contributed by atoms with E-state index in [1.54, 1.807) is 18.4 Å². The molecular weight excluding hydrogens is 150 g/mol. The second kappa shape index (κ2) is 2.46. The highest BCUT2D eigenvalue weighted by molar-refractivity contribution is 7.88. The molecule has 0 unspecified atom stereocenters. The van der Waals surface area contributed by atoms with Gasteiger partial charge in [-0.2, -0.15) is 0 Å². The largest absolute Gasteiger partial charge is 0.274 e. The van der Waals surface area contributed by atoms with E-state index in [0.29, 0.717) is 6.54 Å². The molecule has 0 amide bonds. The third-order valence-electron chi connectivity index (χ3n) is 1.21. The van der Waals surface area contributed by atoms with Crippen molar-refractivity contribution in [2.24, 2.45) is 0 Å². The molecule has 1 heterocycles. The minimum absolute atomic E-state index is 0.454. The lowest BCUT2D eigenvalue weighted by Gasteiger charge is -2.16. The molecule has 0 aromatic carbocycles. The number of hydrogen-bond donors (Lipinski definition) is 0. The van der Waals surface area contributed by atoms with E-state index in [-0.39, 0.29) is 0 Å². The van der Waals surface area contributed by atoms with Gasteiger partial charge >= 0.3 is 0 Å². The molecule has 1 rings (SSSR count). The molecule has 0 spiro atoms. The van der Waals surface area contributed by atoms with Crippen molar-refractivity contribution in [2.75, 3.05) is 12.8 Å². The maximum Gasteiger partial charge on any atom is 0.232 e. The van der Waals surface area contributed by atoms with Crippen LogP contribution >= 0.6 is 0 Å². The van der Waals surface area contributed by atoms with Gasteiger partial charge < -0.3 is 0 Å². The van der Waals surface area contributed by atoms with Gasteiger partial charge in [0.2, 0.25) is 10.0 Å². The molecule has 1 aliphatic rings. The first-order valence-electron chi connectivity index (χ1n) is 2.91. The molecular formula is C6H9NO2S. The van der Waals surface area contributed by atoms with Crippen LogP contribution in [0.25, 0.3) is 0 Å². The first-order valence-corrected chi connectivity index (χ1v) is 4.76. The second-order valence-corrected chi connectivity index (χ2v) is 4.04. The number of sulfonamides is 1. The fourth-order valence-corrected chi connectivity index (χ4v) is 1.34. The summed E-state index contributed by atoms with van der Waals surface area (Å²) in [6.07, 6.45) is 8.05. The van der Waals surface area contributed by atoms with Crippen LogP contribution in [0.3, 0.4) is 0 Å². The Morgan fingerprint density at radius 3 is 2.40 bits per heavy atom. The lowest BCUT2D eigenvalue weighted by molar-refractivity contribution is 0.527. The zero-order valence-corrected chi connectivity index (χ0v) is 6.50. The third kappa shape index (κ3) is 1.60. The van der Waals surface area contributed by atoms with Crippen molar-refractivity contribution in [1.29, 1.82) is 0 Å². The van der Waals surface area contributed by atoms with Gasteiger partial charge in [-0.25, -0.2) is 8.42 Å². The SMILES string of the molecule is CS(=O)(=O)N1C=CC=CC1. The van der Waals surface area contributed by atoms with Crippen molar-refractivity contribution < 1.29 is 8.42 Å². The average molecular weight is 159 g/mol. The minimum atomic E-state index is -3.03. The smallest absolute Gasteiger partial charge is 0.232 e. The molecule has 0 N–H and O–H groups in total. The summed E-state index contributed by atoms with van der Waals surface area (Å²) in [4.78, 5) is 0. The van der Waals surface area contributed by atoms with Crippen molar-refractivity contribution in [3.05, 3.63) is 24.4 Å². The average Bonchev–Trinajstić information content (AvgIpc) is 1.88. The zero-order valence-electron chi connectivity index (χ0n) is 5.69. The van der Waals surface area contributed by atoms with Crippen molar-refractivity contribution in [1.82, 2.24) is 4.31 Å². The summed E-state index contributed by atoms with van der Waals surface area (Å²) in [5.41, 5.74) is 0. The quantitative estimate of drug-likeness (QED) is 0.553. The summed E-state index contributed by atoms with van der Waals surface area (Å²) in [5, 5.41) is 0. The molecule has 0 bridgehead atoms. The first-order chi connectivity index (χ1) is 4.61. The Morgan fingerprint density at radius 1 is 1.40 bits per heavy atom. The Morgan fingerprint density at radius 2 is 2.10 bits per heavy atom. The highest BCUT2D eigenvalue weighted by atomic mass is 32.2. The van der Waals surface area contributed by atoms with E-state index in [0.717, 1.165) is 0 Å². The van der Waals surface area contributed by atoms with Crippen molar-refractivity contribution in [3.63, 3.8) is 0 Å². The number of nitrogens with zero attached hydrogens (tertiary/aromatic N) is 1. The standard InChI is InChI=1S/C6H9NO2S/c1-10(8,9)7-5-3-2-4-6-7/h2-5H,6H2,1H3. The molecule has 0 aromatic heterocycles. The molecule has 56 valence electrons. The summed E-state index contributed by atoms with van der Waals surface area (Å²) in [6, 6.07) is 0. The minimum Gasteiger partial charge on any atom is -0.274 e. The molecule has 0 saturated heterocycles. The normalized spacial score (nSPS) is 17.9. The fourth-order valence-electron chi connectivity index (χ4n) is 0.696. The van der Waals surface area contributed by atoms with E-state index in [1.807, 2.05) is 6.08 Å². The van der Waals surface area contributed by atoms with Crippen LogP contribution < -0.4 is 0 Å². The van der Waals surface area contributed by atoms with Crippen LogP contribution in [0.5, 0.6) is 0 Å². The van der Waals surface area contributed by atoms with Crippen molar-refractivity contribution in [2.45, 2.75) is 0 Å². The topological polar surface area (TPSA) is 37.4 Å². The van der Waals surface area contributed by atoms with Crippen LogP contribution in [0.15, 0.2) is 24.4 Å². The highest BCUT2D eigenvalue weighted by Gasteiger charge is 2.10. The molecule has 0 saturated carbocycles. The molecule has 0 aromatic rings. The molecule has 0 atom stereocenters. The van der Waals surface area contributed by atoms with Gasteiger partial charge in [0.15, 0.2) is 0 Å². The summed E-state index contributed by atoms with van der Waals surface area (Å²) in [5.74, 6) is 0. The molecule has 0 aliphatic carbocycles. The van der Waals surface area contributed by atoms with Gasteiger partial charge in [0.1, 0.15) is 0 Å². The van der Waals surface area contributed by atoms with Crippen LogP contribution in [-0.4, -0.2) is 25.5 Å². The van der Waals surface area contributed by atoms with E-state index >= 15 is 0 Å². The predicted octanol–water partition coefficient (Wildman–Crippen LogP) is 0.332. The Balaban J connectivity index is 2.79.